The van der Waals surface area contributed by atoms with Gasteiger partial charge in [-0.25, -0.2) is 13.6 Å². The van der Waals surface area contributed by atoms with Gasteiger partial charge in [0, 0.05) is 12.6 Å². The average molecular weight is 300 g/mol. The second-order valence-corrected chi connectivity index (χ2v) is 7.29. The van der Waals surface area contributed by atoms with Crippen LogP contribution in [-0.2, 0) is 10.0 Å². The number of benzene rings is 1. The third-order valence-corrected chi connectivity index (χ3v) is 4.65. The normalized spacial score (nSPS) is 16.9. The molecule has 0 spiro atoms. The molecule has 0 saturated heterocycles. The summed E-state index contributed by atoms with van der Waals surface area (Å²) in [6.45, 7) is 8.15. The molecule has 20 heavy (non-hydrogen) atoms. The fraction of sp³-hybridized carbons (Fsp3) is 0.571. The monoisotopic (exact) mass is 300 g/mol. The highest BCUT2D eigenvalue weighted by Crippen LogP contribution is 2.19. The first-order valence-corrected chi connectivity index (χ1v) is 8.17. The van der Waals surface area contributed by atoms with E-state index in [0.29, 0.717) is 6.54 Å². The van der Waals surface area contributed by atoms with E-state index in [0.717, 1.165) is 5.56 Å². The van der Waals surface area contributed by atoms with Gasteiger partial charge in [0.05, 0.1) is 10.5 Å². The van der Waals surface area contributed by atoms with Gasteiger partial charge in [0.1, 0.15) is 0 Å². The van der Waals surface area contributed by atoms with Crippen molar-refractivity contribution < 1.29 is 13.5 Å². The number of sulfonamides is 1. The minimum absolute atomic E-state index is 0.00903. The van der Waals surface area contributed by atoms with Crippen LogP contribution in [0.5, 0.6) is 0 Å². The van der Waals surface area contributed by atoms with Crippen molar-refractivity contribution in [2.45, 2.75) is 44.2 Å². The average Bonchev–Trinajstić information content (AvgIpc) is 2.35. The highest BCUT2D eigenvalue weighted by atomic mass is 32.2. The molecule has 5 nitrogen and oxygen atoms in total. The van der Waals surface area contributed by atoms with E-state index in [-0.39, 0.29) is 16.9 Å². The lowest BCUT2D eigenvalue weighted by atomic mass is 9.92. The molecule has 0 fully saturated rings. The SMILES string of the molecule is CC(NCC(C)(O)C(C)C)c1ccc(S(N)(=O)=O)cc1. The van der Waals surface area contributed by atoms with Gasteiger partial charge in [0.25, 0.3) is 0 Å². The Morgan fingerprint density at radius 3 is 2.15 bits per heavy atom. The van der Waals surface area contributed by atoms with E-state index in [1.165, 1.54) is 12.1 Å². The number of hydrogen-bond acceptors (Lipinski definition) is 4. The molecule has 0 aliphatic heterocycles. The molecule has 2 unspecified atom stereocenters. The van der Waals surface area contributed by atoms with Gasteiger partial charge in [0.2, 0.25) is 10.0 Å². The van der Waals surface area contributed by atoms with Crippen molar-refractivity contribution in [2.24, 2.45) is 11.1 Å². The number of aliphatic hydroxyl groups is 1. The molecular formula is C14H24N2O3S. The first-order chi connectivity index (χ1) is 9.04. The van der Waals surface area contributed by atoms with Crippen molar-refractivity contribution in [2.75, 3.05) is 6.54 Å². The zero-order valence-electron chi connectivity index (χ0n) is 12.4. The third-order valence-electron chi connectivity index (χ3n) is 3.72. The maximum atomic E-state index is 11.2. The summed E-state index contributed by atoms with van der Waals surface area (Å²) in [5.74, 6) is 0.145. The van der Waals surface area contributed by atoms with Crippen LogP contribution < -0.4 is 10.5 Å². The van der Waals surface area contributed by atoms with Gasteiger partial charge in [-0.1, -0.05) is 26.0 Å². The molecule has 0 saturated carbocycles. The van der Waals surface area contributed by atoms with Crippen LogP contribution in [0.15, 0.2) is 29.2 Å². The topological polar surface area (TPSA) is 92.4 Å². The molecule has 0 heterocycles. The molecule has 2 atom stereocenters. The Morgan fingerprint density at radius 2 is 1.75 bits per heavy atom. The Balaban J connectivity index is 2.72. The second-order valence-electron chi connectivity index (χ2n) is 5.73. The van der Waals surface area contributed by atoms with E-state index in [1.54, 1.807) is 19.1 Å². The van der Waals surface area contributed by atoms with Gasteiger partial charge in [0.15, 0.2) is 0 Å². The van der Waals surface area contributed by atoms with Crippen molar-refractivity contribution in [3.05, 3.63) is 29.8 Å². The Hall–Kier alpha value is -0.950. The number of hydrogen-bond donors (Lipinski definition) is 3. The molecule has 0 aliphatic rings. The van der Waals surface area contributed by atoms with E-state index in [2.05, 4.69) is 5.32 Å². The van der Waals surface area contributed by atoms with Crippen molar-refractivity contribution in [3.63, 3.8) is 0 Å². The van der Waals surface area contributed by atoms with Crippen LogP contribution in [0.1, 0.15) is 39.3 Å². The minimum Gasteiger partial charge on any atom is -0.389 e. The standard InChI is InChI=1S/C14H24N2O3S/c1-10(2)14(4,17)9-16-11(3)12-5-7-13(8-6-12)20(15,18)19/h5-8,10-11,16-17H,9H2,1-4H3,(H2,15,18,19). The largest absolute Gasteiger partial charge is 0.389 e. The molecule has 1 rings (SSSR count). The molecule has 0 bridgehead atoms. The van der Waals surface area contributed by atoms with E-state index in [4.69, 9.17) is 5.14 Å². The first-order valence-electron chi connectivity index (χ1n) is 6.62. The summed E-state index contributed by atoms with van der Waals surface area (Å²) in [6, 6.07) is 6.44. The van der Waals surface area contributed by atoms with Gasteiger partial charge >= 0.3 is 0 Å². The van der Waals surface area contributed by atoms with E-state index < -0.39 is 15.6 Å². The molecule has 1 aromatic carbocycles. The van der Waals surface area contributed by atoms with Gasteiger partial charge in [-0.2, -0.15) is 0 Å². The van der Waals surface area contributed by atoms with E-state index in [9.17, 15) is 13.5 Å². The van der Waals surface area contributed by atoms with Gasteiger partial charge < -0.3 is 10.4 Å². The smallest absolute Gasteiger partial charge is 0.238 e. The van der Waals surface area contributed by atoms with Crippen molar-refractivity contribution >= 4 is 10.0 Å². The van der Waals surface area contributed by atoms with Crippen molar-refractivity contribution in [3.8, 4) is 0 Å². The van der Waals surface area contributed by atoms with Gasteiger partial charge in [-0.05, 0) is 37.5 Å². The summed E-state index contributed by atoms with van der Waals surface area (Å²) in [7, 11) is -3.65. The zero-order valence-corrected chi connectivity index (χ0v) is 13.2. The quantitative estimate of drug-likeness (QED) is 0.740. The summed E-state index contributed by atoms with van der Waals surface area (Å²) < 4.78 is 22.4. The number of rotatable bonds is 6. The highest BCUT2D eigenvalue weighted by molar-refractivity contribution is 7.89. The fourth-order valence-electron chi connectivity index (χ4n) is 1.63. The molecule has 0 aliphatic carbocycles. The Morgan fingerprint density at radius 1 is 1.25 bits per heavy atom. The Labute approximate surface area is 121 Å². The second kappa shape index (κ2) is 6.22. The molecule has 1 aromatic rings. The zero-order chi connectivity index (χ0) is 15.6. The molecule has 0 radical (unpaired) electrons. The van der Waals surface area contributed by atoms with Crippen LogP contribution in [0, 0.1) is 5.92 Å². The third kappa shape index (κ3) is 4.56. The maximum absolute atomic E-state index is 11.2. The molecule has 6 heteroatoms. The number of nitrogens with two attached hydrogens (primary N) is 1. The lowest BCUT2D eigenvalue weighted by Crippen LogP contribution is -2.42. The van der Waals surface area contributed by atoms with Gasteiger partial charge in [-0.15, -0.1) is 0 Å². The predicted molar refractivity (Wildman–Crippen MR) is 79.7 cm³/mol. The Kier molecular flexibility index (Phi) is 5.32. The predicted octanol–water partition coefficient (Wildman–Crippen LogP) is 1.39. The lowest BCUT2D eigenvalue weighted by Gasteiger charge is -2.29. The molecule has 0 amide bonds. The summed E-state index contributed by atoms with van der Waals surface area (Å²) in [5, 5.41) is 18.5. The van der Waals surface area contributed by atoms with E-state index in [1.807, 2.05) is 20.8 Å². The first kappa shape index (κ1) is 17.1. The highest BCUT2D eigenvalue weighted by Gasteiger charge is 2.25. The molecular weight excluding hydrogens is 276 g/mol. The number of primary sulfonamides is 1. The summed E-state index contributed by atoms with van der Waals surface area (Å²) in [6.07, 6.45) is 0. The van der Waals surface area contributed by atoms with Crippen molar-refractivity contribution in [1.29, 1.82) is 0 Å². The summed E-state index contributed by atoms with van der Waals surface area (Å²) in [4.78, 5) is 0.0997. The Bertz CT molecular complexity index is 536. The van der Waals surface area contributed by atoms with E-state index >= 15 is 0 Å². The summed E-state index contributed by atoms with van der Waals surface area (Å²) >= 11 is 0. The minimum atomic E-state index is -3.65. The van der Waals surface area contributed by atoms with Crippen LogP contribution in [0.3, 0.4) is 0 Å². The lowest BCUT2D eigenvalue weighted by molar-refractivity contribution is 0.0122. The van der Waals surface area contributed by atoms with Crippen LogP contribution in [0.4, 0.5) is 0 Å². The summed E-state index contributed by atoms with van der Waals surface area (Å²) in [5.41, 5.74) is 0.159. The van der Waals surface area contributed by atoms with Crippen LogP contribution in [0.2, 0.25) is 0 Å². The maximum Gasteiger partial charge on any atom is 0.238 e. The molecule has 4 N–H and O–H groups in total. The van der Waals surface area contributed by atoms with Crippen LogP contribution >= 0.6 is 0 Å². The van der Waals surface area contributed by atoms with Crippen LogP contribution in [-0.4, -0.2) is 25.7 Å². The fourth-order valence-corrected chi connectivity index (χ4v) is 2.14. The molecule has 114 valence electrons. The van der Waals surface area contributed by atoms with Crippen molar-refractivity contribution in [1.82, 2.24) is 5.32 Å². The molecule has 0 aromatic heterocycles. The van der Waals surface area contributed by atoms with Gasteiger partial charge in [-0.3, -0.25) is 0 Å². The number of nitrogens with one attached hydrogen (secondary N) is 1. The van der Waals surface area contributed by atoms with Crippen LogP contribution in [0.25, 0.3) is 0 Å².